The van der Waals surface area contributed by atoms with E-state index in [4.69, 9.17) is 0 Å². The number of nitrogens with zero attached hydrogens (tertiary/aromatic N) is 6. The van der Waals surface area contributed by atoms with Crippen LogP contribution in [0.15, 0.2) is 164 Å². The third-order valence-electron chi connectivity index (χ3n) is 8.74. The fourth-order valence-corrected chi connectivity index (χ4v) is 5.84. The smallest absolute Gasteiger partial charge is 0.148 e. The Kier molecular flexibility index (Phi) is 14.4. The normalized spacial score (nSPS) is 9.38. The number of hydrogen-bond donors (Lipinski definition) is 0. The van der Waals surface area contributed by atoms with Crippen molar-refractivity contribution in [1.29, 1.82) is 0 Å². The van der Waals surface area contributed by atoms with Crippen molar-refractivity contribution >= 4 is 33.1 Å². The molecule has 294 valence electrons. The van der Waals surface area contributed by atoms with Crippen molar-refractivity contribution in [3.05, 3.63) is 215 Å². The quantitative estimate of drug-likeness (QED) is 0.142. The van der Waals surface area contributed by atoms with E-state index in [9.17, 15) is 0 Å². The van der Waals surface area contributed by atoms with Crippen LogP contribution in [0.1, 0.15) is 71.6 Å². The molecule has 6 nitrogen and oxygen atoms in total. The molecule has 6 heteroatoms. The summed E-state index contributed by atoms with van der Waals surface area (Å²) < 4.78 is 0. The van der Waals surface area contributed by atoms with Gasteiger partial charge in [-0.1, -0.05) is 127 Å². The van der Waals surface area contributed by atoms with Crippen LogP contribution in [0.3, 0.4) is 0 Å². The molecule has 0 atom stereocenters. The van der Waals surface area contributed by atoms with Crippen LogP contribution in [0, 0.1) is 71.0 Å². The monoisotopic (exact) mass is 804 g/mol. The molecule has 0 saturated carbocycles. The summed E-state index contributed by atoms with van der Waals surface area (Å²) in [6.45, 7) is 5.34. The highest BCUT2D eigenvalue weighted by Crippen LogP contribution is 2.15. The molecule has 3 heterocycles. The number of fused-ring (bicyclic) bond motifs is 3. The predicted molar refractivity (Wildman–Crippen MR) is 254 cm³/mol. The van der Waals surface area contributed by atoms with Gasteiger partial charge in [-0.2, -0.15) is 0 Å². The van der Waals surface area contributed by atoms with Crippen LogP contribution in [-0.2, 0) is 0 Å². The van der Waals surface area contributed by atoms with Gasteiger partial charge in [-0.05, 0) is 129 Å². The van der Waals surface area contributed by atoms with E-state index in [1.54, 1.807) is 20.8 Å². The summed E-state index contributed by atoms with van der Waals surface area (Å²) in [7, 11) is 0. The SMILES string of the molecule is C(#Cc1nc2ccccc2nc1C#Cc1ccccc1)c1ccccc1.CC#Cc1nc2ccccc2nc1C#CC.CC#Cc1nc2ccccc2nc1C#Cc1ccccc1. The molecular weight excluding hydrogens is 769 g/mol. The van der Waals surface area contributed by atoms with Gasteiger partial charge in [0.05, 0.1) is 33.1 Å². The molecule has 0 aliphatic rings. The van der Waals surface area contributed by atoms with E-state index in [2.05, 4.69) is 101 Å². The average Bonchev–Trinajstić information content (AvgIpc) is 3.33. The van der Waals surface area contributed by atoms with Crippen molar-refractivity contribution in [1.82, 2.24) is 29.9 Å². The second kappa shape index (κ2) is 21.6. The standard InChI is InChI=1S/C24H14N2.C19H12N2.C14H10N2/c1-3-9-19(10-4-1)15-17-23-24(18-16-20-11-5-2-6-12-20)26-22-14-8-7-13-21(22)25-23;1-2-8-16-19(14-13-15-9-4-3-5-10-15)21-18-12-7-6-11-17(18)20-16;1-3-7-11-12(8-4-2)16-14-10-6-5-9-13(14)15-11/h1-14H;3-7,9-12H,1H3;5-6,9-10H,1-2H3. The van der Waals surface area contributed by atoms with Gasteiger partial charge < -0.3 is 0 Å². The maximum Gasteiger partial charge on any atom is 0.148 e. The molecular formula is C57H36N6. The lowest BCUT2D eigenvalue weighted by molar-refractivity contribution is 1.23. The summed E-state index contributed by atoms with van der Waals surface area (Å²) in [5.74, 6) is 36.1. The van der Waals surface area contributed by atoms with Gasteiger partial charge in [-0.15, -0.1) is 0 Å². The van der Waals surface area contributed by atoms with Gasteiger partial charge >= 0.3 is 0 Å². The molecule has 0 radical (unpaired) electrons. The highest BCUT2D eigenvalue weighted by molar-refractivity contribution is 5.77. The van der Waals surface area contributed by atoms with Crippen molar-refractivity contribution in [2.75, 3.05) is 0 Å². The first-order chi connectivity index (χ1) is 31.1. The van der Waals surface area contributed by atoms with Crippen molar-refractivity contribution in [3.8, 4) is 71.0 Å². The van der Waals surface area contributed by atoms with Crippen LogP contribution in [0.25, 0.3) is 33.1 Å². The zero-order valence-corrected chi connectivity index (χ0v) is 34.8. The van der Waals surface area contributed by atoms with Crippen molar-refractivity contribution in [2.24, 2.45) is 0 Å². The molecule has 9 aromatic rings. The molecule has 6 aromatic carbocycles. The first-order valence-corrected chi connectivity index (χ1v) is 19.9. The highest BCUT2D eigenvalue weighted by atomic mass is 14.8. The molecule has 0 unspecified atom stereocenters. The third-order valence-corrected chi connectivity index (χ3v) is 8.74. The minimum absolute atomic E-state index is 0.594. The van der Waals surface area contributed by atoms with Gasteiger partial charge in [0.2, 0.25) is 0 Å². The molecule has 0 aliphatic carbocycles. The van der Waals surface area contributed by atoms with Crippen LogP contribution < -0.4 is 0 Å². The molecule has 0 fully saturated rings. The topological polar surface area (TPSA) is 77.3 Å². The zero-order chi connectivity index (χ0) is 43.5. The fourth-order valence-electron chi connectivity index (χ4n) is 5.84. The molecule has 0 N–H and O–H groups in total. The van der Waals surface area contributed by atoms with Crippen LogP contribution in [0.2, 0.25) is 0 Å². The van der Waals surface area contributed by atoms with E-state index in [0.717, 1.165) is 49.8 Å². The van der Waals surface area contributed by atoms with E-state index >= 15 is 0 Å². The minimum Gasteiger partial charge on any atom is -0.235 e. The lowest BCUT2D eigenvalue weighted by Crippen LogP contribution is -1.96. The summed E-state index contributed by atoms with van der Waals surface area (Å²) in [6.07, 6.45) is 0. The molecule has 0 aliphatic heterocycles. The maximum absolute atomic E-state index is 4.66. The molecule has 0 bridgehead atoms. The summed E-state index contributed by atoms with van der Waals surface area (Å²) in [4.78, 5) is 27.3. The summed E-state index contributed by atoms with van der Waals surface area (Å²) in [6, 6.07) is 52.7. The van der Waals surface area contributed by atoms with Crippen LogP contribution >= 0.6 is 0 Å². The summed E-state index contributed by atoms with van der Waals surface area (Å²) in [5.41, 5.74) is 11.5. The van der Waals surface area contributed by atoms with Crippen molar-refractivity contribution in [3.63, 3.8) is 0 Å². The summed E-state index contributed by atoms with van der Waals surface area (Å²) in [5, 5.41) is 0. The Morgan fingerprint density at radius 3 is 0.619 bits per heavy atom. The Bertz CT molecular complexity index is 3300. The van der Waals surface area contributed by atoms with Crippen LogP contribution in [0.5, 0.6) is 0 Å². The Morgan fingerprint density at radius 1 is 0.222 bits per heavy atom. The van der Waals surface area contributed by atoms with Gasteiger partial charge in [0, 0.05) is 16.7 Å². The van der Waals surface area contributed by atoms with E-state index in [1.165, 1.54) is 0 Å². The lowest BCUT2D eigenvalue weighted by Gasteiger charge is -2.00. The van der Waals surface area contributed by atoms with Crippen LogP contribution in [0.4, 0.5) is 0 Å². The fraction of sp³-hybridized carbons (Fsp3) is 0.0526. The minimum atomic E-state index is 0.594. The Hall–Kier alpha value is -9.30. The second-order valence-electron chi connectivity index (χ2n) is 13.2. The number of hydrogen-bond acceptors (Lipinski definition) is 6. The number of aromatic nitrogens is 6. The Balaban J connectivity index is 0.000000146. The Morgan fingerprint density at radius 2 is 0.413 bits per heavy atom. The van der Waals surface area contributed by atoms with Gasteiger partial charge in [0.1, 0.15) is 34.2 Å². The van der Waals surface area contributed by atoms with Crippen LogP contribution in [-0.4, -0.2) is 29.9 Å². The molecule has 0 saturated heterocycles. The van der Waals surface area contributed by atoms with Gasteiger partial charge in [0.25, 0.3) is 0 Å². The molecule has 9 rings (SSSR count). The lowest BCUT2D eigenvalue weighted by atomic mass is 10.2. The molecule has 0 amide bonds. The first-order valence-electron chi connectivity index (χ1n) is 19.9. The predicted octanol–water partition coefficient (Wildman–Crippen LogP) is 10.2. The largest absolute Gasteiger partial charge is 0.235 e. The van der Waals surface area contributed by atoms with E-state index in [0.29, 0.717) is 34.2 Å². The van der Waals surface area contributed by atoms with E-state index in [-0.39, 0.29) is 0 Å². The van der Waals surface area contributed by atoms with Gasteiger partial charge in [0.15, 0.2) is 0 Å². The van der Waals surface area contributed by atoms with E-state index < -0.39 is 0 Å². The third kappa shape index (κ3) is 11.7. The zero-order valence-electron chi connectivity index (χ0n) is 34.8. The van der Waals surface area contributed by atoms with Crippen molar-refractivity contribution in [2.45, 2.75) is 20.8 Å². The number of para-hydroxylation sites is 6. The maximum atomic E-state index is 4.66. The summed E-state index contributed by atoms with van der Waals surface area (Å²) >= 11 is 0. The van der Waals surface area contributed by atoms with Gasteiger partial charge in [-0.3, -0.25) is 0 Å². The first kappa shape index (κ1) is 41.8. The molecule has 63 heavy (non-hydrogen) atoms. The average molecular weight is 805 g/mol. The molecule has 3 aromatic heterocycles. The van der Waals surface area contributed by atoms with E-state index in [1.807, 2.05) is 164 Å². The van der Waals surface area contributed by atoms with Gasteiger partial charge in [-0.25, -0.2) is 29.9 Å². The highest BCUT2D eigenvalue weighted by Gasteiger charge is 2.07. The number of rotatable bonds is 0. The second-order valence-corrected chi connectivity index (χ2v) is 13.2. The Labute approximate surface area is 368 Å². The van der Waals surface area contributed by atoms with Crippen molar-refractivity contribution < 1.29 is 0 Å². The molecule has 0 spiro atoms. The number of benzene rings is 6.